The number of methoxy groups -OCH3 is 1. The Labute approximate surface area is 211 Å². The van der Waals surface area contributed by atoms with E-state index >= 15 is 0 Å². The Hall–Kier alpha value is -4.11. The summed E-state index contributed by atoms with van der Waals surface area (Å²) >= 11 is 0. The van der Waals surface area contributed by atoms with Crippen molar-refractivity contribution in [2.75, 3.05) is 57.3 Å². The molecule has 36 heavy (non-hydrogen) atoms. The predicted molar refractivity (Wildman–Crippen MR) is 146 cm³/mol. The molecule has 0 amide bonds. The van der Waals surface area contributed by atoms with Gasteiger partial charge in [-0.2, -0.15) is 0 Å². The average molecular weight is 488 g/mol. The molecule has 0 spiro atoms. The van der Waals surface area contributed by atoms with Crippen molar-refractivity contribution in [2.24, 2.45) is 7.05 Å². The zero-order valence-electron chi connectivity index (χ0n) is 21.7. The molecule has 0 aliphatic carbocycles. The van der Waals surface area contributed by atoms with Gasteiger partial charge in [-0.15, -0.1) is 0 Å². The molecule has 0 fully saturated rings. The summed E-state index contributed by atoms with van der Waals surface area (Å²) in [6.45, 7) is 3.84. The van der Waals surface area contributed by atoms with Gasteiger partial charge in [-0.05, 0) is 50.8 Å². The number of anilines is 4. The summed E-state index contributed by atoms with van der Waals surface area (Å²) in [6, 6.07) is 11.4. The number of hydrogen-bond donors (Lipinski definition) is 2. The minimum absolute atomic E-state index is 0.373. The lowest BCUT2D eigenvalue weighted by atomic mass is 10.1. The molecular formula is C27H33N7O2. The Morgan fingerprint density at radius 1 is 1.17 bits per heavy atom. The van der Waals surface area contributed by atoms with Crippen LogP contribution in [0.4, 0.5) is 23.0 Å². The summed E-state index contributed by atoms with van der Waals surface area (Å²) in [7, 11) is 9.45. The maximum atomic E-state index is 12.3. The first kappa shape index (κ1) is 25.0. The fraction of sp³-hybridized carbons (Fsp3) is 0.296. The van der Waals surface area contributed by atoms with Crippen molar-refractivity contribution in [1.29, 1.82) is 0 Å². The molecule has 2 aromatic heterocycles. The number of carbonyl (C=O) groups is 1. The monoisotopic (exact) mass is 487 g/mol. The lowest BCUT2D eigenvalue weighted by Gasteiger charge is -2.24. The third kappa shape index (κ3) is 4.96. The zero-order valence-corrected chi connectivity index (χ0v) is 21.7. The molecule has 188 valence electrons. The van der Waals surface area contributed by atoms with Gasteiger partial charge >= 0.3 is 5.97 Å². The number of fused-ring (bicyclic) bond motifs is 1. The van der Waals surface area contributed by atoms with Gasteiger partial charge in [0, 0.05) is 56.2 Å². The number of rotatable bonds is 8. The van der Waals surface area contributed by atoms with Gasteiger partial charge in [0.2, 0.25) is 5.95 Å². The molecule has 0 atom stereocenters. The molecule has 0 unspecified atom stereocenters. The summed E-state index contributed by atoms with van der Waals surface area (Å²) in [6.07, 6.45) is 3.68. The number of para-hydroxylation sites is 1. The summed E-state index contributed by atoms with van der Waals surface area (Å²) in [5.41, 5.74) is 12.9. The van der Waals surface area contributed by atoms with E-state index in [-0.39, 0.29) is 5.97 Å². The minimum atomic E-state index is -0.373. The van der Waals surface area contributed by atoms with Crippen LogP contribution in [0.3, 0.4) is 0 Å². The standard InChI is InChI=1S/C27H33N7O2/c1-17-14-24(33(4)13-12-32(2)3)21(28)15-23(17)31-27-29-11-10-22(30-27)20-16-34(5)25-18(20)8-7-9-19(25)26(35)36-6/h7-11,14-16H,12-13,28H2,1-6H3,(H,29,30,31). The lowest BCUT2D eigenvalue weighted by molar-refractivity contribution is 0.0602. The molecule has 3 N–H and O–H groups in total. The van der Waals surface area contributed by atoms with E-state index in [1.165, 1.54) is 7.11 Å². The van der Waals surface area contributed by atoms with Crippen LogP contribution in [0.5, 0.6) is 0 Å². The van der Waals surface area contributed by atoms with Crippen molar-refractivity contribution < 1.29 is 9.53 Å². The number of nitrogens with one attached hydrogen (secondary N) is 1. The highest BCUT2D eigenvalue weighted by molar-refractivity contribution is 6.07. The number of nitrogens with two attached hydrogens (primary N) is 1. The van der Waals surface area contributed by atoms with E-state index in [0.717, 1.165) is 52.2 Å². The van der Waals surface area contributed by atoms with Crippen molar-refractivity contribution in [3.8, 4) is 11.3 Å². The average Bonchev–Trinajstić information content (AvgIpc) is 3.21. The van der Waals surface area contributed by atoms with Gasteiger partial charge in [0.15, 0.2) is 0 Å². The lowest BCUT2D eigenvalue weighted by Crippen LogP contribution is -2.29. The van der Waals surface area contributed by atoms with Gasteiger partial charge in [-0.1, -0.05) is 12.1 Å². The van der Waals surface area contributed by atoms with Crippen LogP contribution in [0.15, 0.2) is 48.8 Å². The van der Waals surface area contributed by atoms with Crippen molar-refractivity contribution >= 4 is 39.9 Å². The smallest absolute Gasteiger partial charge is 0.340 e. The second-order valence-corrected chi connectivity index (χ2v) is 9.19. The van der Waals surface area contributed by atoms with Crippen LogP contribution in [0.25, 0.3) is 22.2 Å². The van der Waals surface area contributed by atoms with Crippen LogP contribution in [0, 0.1) is 6.92 Å². The molecule has 2 aromatic carbocycles. The van der Waals surface area contributed by atoms with Crippen LogP contribution in [0.2, 0.25) is 0 Å². The molecule has 0 saturated heterocycles. The molecular weight excluding hydrogens is 454 g/mol. The Balaban J connectivity index is 1.65. The molecule has 0 bridgehead atoms. The van der Waals surface area contributed by atoms with Crippen LogP contribution in [0.1, 0.15) is 15.9 Å². The van der Waals surface area contributed by atoms with Crippen LogP contribution in [-0.2, 0) is 11.8 Å². The van der Waals surface area contributed by atoms with Gasteiger partial charge in [-0.3, -0.25) is 0 Å². The molecule has 4 aromatic rings. The van der Waals surface area contributed by atoms with Gasteiger partial charge in [-0.25, -0.2) is 14.8 Å². The van der Waals surface area contributed by atoms with E-state index in [9.17, 15) is 4.79 Å². The van der Waals surface area contributed by atoms with E-state index in [4.69, 9.17) is 15.5 Å². The van der Waals surface area contributed by atoms with Crippen molar-refractivity contribution in [1.82, 2.24) is 19.4 Å². The third-order valence-corrected chi connectivity index (χ3v) is 6.25. The number of ether oxygens (including phenoxy) is 1. The fourth-order valence-electron chi connectivity index (χ4n) is 4.28. The zero-order chi connectivity index (χ0) is 26.0. The number of aromatic nitrogens is 3. The quantitative estimate of drug-likeness (QED) is 0.284. The molecule has 0 saturated carbocycles. The number of aryl methyl sites for hydroxylation is 2. The van der Waals surface area contributed by atoms with Gasteiger partial charge in [0.1, 0.15) is 0 Å². The summed E-state index contributed by atoms with van der Waals surface area (Å²) in [5.74, 6) is 0.0899. The molecule has 9 nitrogen and oxygen atoms in total. The Bertz CT molecular complexity index is 1410. The molecule has 4 rings (SSSR count). The van der Waals surface area contributed by atoms with Crippen molar-refractivity contribution in [3.63, 3.8) is 0 Å². The van der Waals surface area contributed by atoms with E-state index in [1.54, 1.807) is 12.3 Å². The third-order valence-electron chi connectivity index (χ3n) is 6.25. The van der Waals surface area contributed by atoms with Crippen LogP contribution >= 0.6 is 0 Å². The molecule has 9 heteroatoms. The summed E-state index contributed by atoms with van der Waals surface area (Å²) in [4.78, 5) is 25.8. The van der Waals surface area contributed by atoms with Gasteiger partial charge in [0.25, 0.3) is 0 Å². The van der Waals surface area contributed by atoms with Crippen LogP contribution < -0.4 is 16.0 Å². The Morgan fingerprint density at radius 3 is 2.67 bits per heavy atom. The van der Waals surface area contributed by atoms with E-state index in [0.29, 0.717) is 17.2 Å². The second kappa shape index (κ2) is 10.2. The van der Waals surface area contributed by atoms with Crippen LogP contribution in [-0.4, -0.2) is 66.7 Å². The maximum Gasteiger partial charge on any atom is 0.340 e. The number of esters is 1. The van der Waals surface area contributed by atoms with Gasteiger partial charge in [0.05, 0.1) is 35.3 Å². The Kier molecular flexibility index (Phi) is 7.12. The van der Waals surface area contributed by atoms with E-state index in [1.807, 2.05) is 56.0 Å². The summed E-state index contributed by atoms with van der Waals surface area (Å²) < 4.78 is 6.88. The first-order valence-electron chi connectivity index (χ1n) is 11.7. The number of benzene rings is 2. The summed E-state index contributed by atoms with van der Waals surface area (Å²) in [5, 5.41) is 4.24. The first-order valence-corrected chi connectivity index (χ1v) is 11.7. The number of likely N-dealkylation sites (N-methyl/N-ethyl adjacent to an activating group) is 2. The normalized spacial score (nSPS) is 11.2. The number of nitrogens with zero attached hydrogens (tertiary/aromatic N) is 5. The highest BCUT2D eigenvalue weighted by Gasteiger charge is 2.18. The van der Waals surface area contributed by atoms with Gasteiger partial charge < -0.3 is 30.2 Å². The van der Waals surface area contributed by atoms with Crippen molar-refractivity contribution in [3.05, 3.63) is 59.9 Å². The largest absolute Gasteiger partial charge is 0.465 e. The maximum absolute atomic E-state index is 12.3. The fourth-order valence-corrected chi connectivity index (χ4v) is 4.28. The van der Waals surface area contributed by atoms with E-state index in [2.05, 4.69) is 40.3 Å². The number of carbonyl (C=O) groups excluding carboxylic acids is 1. The predicted octanol–water partition coefficient (Wildman–Crippen LogP) is 4.05. The second-order valence-electron chi connectivity index (χ2n) is 9.19. The van der Waals surface area contributed by atoms with E-state index < -0.39 is 0 Å². The minimum Gasteiger partial charge on any atom is -0.465 e. The molecule has 2 heterocycles. The van der Waals surface area contributed by atoms with Crippen molar-refractivity contribution in [2.45, 2.75) is 6.92 Å². The highest BCUT2D eigenvalue weighted by atomic mass is 16.5. The molecule has 0 aliphatic heterocycles. The molecule has 0 aliphatic rings. The molecule has 0 radical (unpaired) electrons. The first-order chi connectivity index (χ1) is 17.2. The number of nitrogen functional groups attached to an aromatic ring is 1. The number of hydrogen-bond acceptors (Lipinski definition) is 8. The topological polar surface area (TPSA) is 102 Å². The Morgan fingerprint density at radius 2 is 1.94 bits per heavy atom. The highest BCUT2D eigenvalue weighted by Crippen LogP contribution is 2.33. The SMILES string of the molecule is COC(=O)c1cccc2c(-c3ccnc(Nc4cc(N)c(N(C)CCN(C)C)cc4C)n3)cn(C)c12.